The third kappa shape index (κ3) is 3.18. The Kier molecular flexibility index (Phi) is 4.02. The van der Waals surface area contributed by atoms with Crippen LogP contribution in [0.2, 0.25) is 0 Å². The van der Waals surface area contributed by atoms with Crippen molar-refractivity contribution >= 4 is 28.5 Å². The number of anilines is 3. The second-order valence-electron chi connectivity index (χ2n) is 6.25. The lowest BCUT2D eigenvalue weighted by atomic mass is 9.95. The van der Waals surface area contributed by atoms with Crippen molar-refractivity contribution in [3.63, 3.8) is 0 Å². The van der Waals surface area contributed by atoms with Gasteiger partial charge in [0.15, 0.2) is 0 Å². The van der Waals surface area contributed by atoms with E-state index in [1.807, 2.05) is 12.3 Å². The maximum Gasteiger partial charge on any atom is 0.231 e. The van der Waals surface area contributed by atoms with Gasteiger partial charge in [0, 0.05) is 17.9 Å². The first-order valence-corrected chi connectivity index (χ1v) is 8.42. The summed E-state index contributed by atoms with van der Waals surface area (Å²) in [6, 6.07) is 8.72. The van der Waals surface area contributed by atoms with Gasteiger partial charge >= 0.3 is 0 Å². The highest BCUT2D eigenvalue weighted by molar-refractivity contribution is 5.88. The van der Waals surface area contributed by atoms with Crippen LogP contribution in [0.1, 0.15) is 32.1 Å². The van der Waals surface area contributed by atoms with Gasteiger partial charge < -0.3 is 15.6 Å². The van der Waals surface area contributed by atoms with Gasteiger partial charge in [-0.25, -0.2) is 4.39 Å². The van der Waals surface area contributed by atoms with E-state index >= 15 is 0 Å². The van der Waals surface area contributed by atoms with E-state index in [0.717, 1.165) is 16.9 Å². The van der Waals surface area contributed by atoms with E-state index < -0.39 is 0 Å². The lowest BCUT2D eigenvalue weighted by Crippen LogP contribution is -2.23. The van der Waals surface area contributed by atoms with E-state index in [0.29, 0.717) is 17.7 Å². The third-order valence-electron chi connectivity index (χ3n) is 4.44. The van der Waals surface area contributed by atoms with Crippen LogP contribution in [-0.4, -0.2) is 21.0 Å². The van der Waals surface area contributed by atoms with Crippen molar-refractivity contribution in [3.05, 3.63) is 42.3 Å². The van der Waals surface area contributed by atoms with Gasteiger partial charge in [0.25, 0.3) is 0 Å². The molecule has 3 aromatic rings. The van der Waals surface area contributed by atoms with Crippen molar-refractivity contribution in [3.8, 4) is 0 Å². The highest BCUT2D eigenvalue weighted by Gasteiger charge is 2.16. The van der Waals surface area contributed by atoms with Crippen molar-refractivity contribution in [2.75, 3.05) is 10.6 Å². The Morgan fingerprint density at radius 3 is 2.79 bits per heavy atom. The number of rotatable bonds is 4. The van der Waals surface area contributed by atoms with Gasteiger partial charge in [0.05, 0.1) is 5.39 Å². The van der Waals surface area contributed by atoms with E-state index in [4.69, 9.17) is 0 Å². The van der Waals surface area contributed by atoms with Gasteiger partial charge in [0.2, 0.25) is 5.95 Å². The smallest absolute Gasteiger partial charge is 0.231 e. The van der Waals surface area contributed by atoms with Crippen LogP contribution < -0.4 is 10.6 Å². The molecule has 1 fully saturated rings. The lowest BCUT2D eigenvalue weighted by Gasteiger charge is -2.23. The van der Waals surface area contributed by atoms with Crippen molar-refractivity contribution < 1.29 is 4.39 Å². The van der Waals surface area contributed by atoms with E-state index in [-0.39, 0.29) is 5.82 Å². The molecule has 0 aliphatic heterocycles. The first kappa shape index (κ1) is 14.9. The zero-order valence-electron chi connectivity index (χ0n) is 13.3. The standard InChI is InChI=1S/C18H20FN5/c19-12-5-4-8-14(11-12)22-18-23-16-15(9-10-20-16)17(24-18)21-13-6-2-1-3-7-13/h4-5,8-11,13H,1-3,6-7H2,(H3,20,21,22,23,24). The monoisotopic (exact) mass is 325 g/mol. The topological polar surface area (TPSA) is 65.6 Å². The van der Waals surface area contributed by atoms with Crippen LogP contribution in [0.4, 0.5) is 21.8 Å². The highest BCUT2D eigenvalue weighted by atomic mass is 19.1. The number of halogens is 1. The molecule has 0 bridgehead atoms. The van der Waals surface area contributed by atoms with Crippen molar-refractivity contribution in [1.82, 2.24) is 15.0 Å². The number of fused-ring (bicyclic) bond motifs is 1. The van der Waals surface area contributed by atoms with Gasteiger partial charge in [-0.15, -0.1) is 0 Å². The molecule has 2 aromatic heterocycles. The first-order chi connectivity index (χ1) is 11.8. The van der Waals surface area contributed by atoms with Crippen LogP contribution in [0.25, 0.3) is 11.0 Å². The van der Waals surface area contributed by atoms with Crippen LogP contribution in [0, 0.1) is 5.82 Å². The fourth-order valence-corrected chi connectivity index (χ4v) is 3.24. The summed E-state index contributed by atoms with van der Waals surface area (Å²) in [4.78, 5) is 12.2. The molecule has 0 saturated heterocycles. The molecule has 2 heterocycles. The lowest BCUT2D eigenvalue weighted by molar-refractivity contribution is 0.462. The number of nitrogens with zero attached hydrogens (tertiary/aromatic N) is 2. The van der Waals surface area contributed by atoms with Crippen molar-refractivity contribution in [2.24, 2.45) is 0 Å². The van der Waals surface area contributed by atoms with Gasteiger partial charge in [0.1, 0.15) is 17.3 Å². The quantitative estimate of drug-likeness (QED) is 0.656. The third-order valence-corrected chi connectivity index (χ3v) is 4.44. The van der Waals surface area contributed by atoms with Crippen LogP contribution in [-0.2, 0) is 0 Å². The second-order valence-corrected chi connectivity index (χ2v) is 6.25. The summed E-state index contributed by atoms with van der Waals surface area (Å²) >= 11 is 0. The molecule has 1 aliphatic rings. The van der Waals surface area contributed by atoms with Gasteiger partial charge in [-0.1, -0.05) is 25.3 Å². The number of hydrogen-bond donors (Lipinski definition) is 3. The normalized spacial score (nSPS) is 15.5. The fraction of sp³-hybridized carbons (Fsp3) is 0.333. The Labute approximate surface area is 139 Å². The number of nitrogens with one attached hydrogen (secondary N) is 3. The minimum absolute atomic E-state index is 0.290. The highest BCUT2D eigenvalue weighted by Crippen LogP contribution is 2.27. The van der Waals surface area contributed by atoms with Gasteiger partial charge in [-0.2, -0.15) is 9.97 Å². The number of aromatic amines is 1. The van der Waals surface area contributed by atoms with Gasteiger partial charge in [-0.3, -0.25) is 0 Å². The fourth-order valence-electron chi connectivity index (χ4n) is 3.24. The average Bonchev–Trinajstić information content (AvgIpc) is 3.05. The largest absolute Gasteiger partial charge is 0.367 e. The maximum atomic E-state index is 13.4. The summed E-state index contributed by atoms with van der Waals surface area (Å²) in [5.41, 5.74) is 1.40. The Morgan fingerprint density at radius 2 is 1.96 bits per heavy atom. The van der Waals surface area contributed by atoms with E-state index in [1.54, 1.807) is 12.1 Å². The molecule has 5 nitrogen and oxygen atoms in total. The molecule has 1 aliphatic carbocycles. The molecule has 0 spiro atoms. The summed E-state index contributed by atoms with van der Waals surface area (Å²) in [6.07, 6.45) is 8.03. The summed E-state index contributed by atoms with van der Waals surface area (Å²) < 4.78 is 13.4. The SMILES string of the molecule is Fc1cccc(Nc2nc(NC3CCCCC3)c3cc[nH]c3n2)c1. The molecule has 0 atom stereocenters. The molecule has 1 aromatic carbocycles. The predicted octanol–water partition coefficient (Wildman–Crippen LogP) is 4.59. The summed E-state index contributed by atoms with van der Waals surface area (Å²) in [7, 11) is 0. The van der Waals surface area contributed by atoms with Crippen LogP contribution in [0.3, 0.4) is 0 Å². The summed E-state index contributed by atoms with van der Waals surface area (Å²) in [5.74, 6) is 0.988. The molecule has 24 heavy (non-hydrogen) atoms. The molecule has 0 amide bonds. The van der Waals surface area contributed by atoms with E-state index in [1.165, 1.54) is 44.2 Å². The average molecular weight is 325 g/mol. The minimum atomic E-state index is -0.290. The molecule has 0 unspecified atom stereocenters. The number of aromatic nitrogens is 3. The zero-order valence-corrected chi connectivity index (χ0v) is 13.3. The van der Waals surface area contributed by atoms with E-state index in [9.17, 15) is 4.39 Å². The molecule has 4 rings (SSSR count). The Morgan fingerprint density at radius 1 is 1.08 bits per heavy atom. The number of hydrogen-bond acceptors (Lipinski definition) is 4. The Hall–Kier alpha value is -2.63. The molecule has 6 heteroatoms. The zero-order chi connectivity index (χ0) is 16.4. The predicted molar refractivity (Wildman–Crippen MR) is 94.1 cm³/mol. The second kappa shape index (κ2) is 6.47. The Balaban J connectivity index is 1.64. The molecule has 0 radical (unpaired) electrons. The van der Waals surface area contributed by atoms with Crippen molar-refractivity contribution in [1.29, 1.82) is 0 Å². The molecule has 124 valence electrons. The van der Waals surface area contributed by atoms with Gasteiger partial charge in [-0.05, 0) is 37.1 Å². The number of benzene rings is 1. The van der Waals surface area contributed by atoms with E-state index in [2.05, 4.69) is 25.6 Å². The molecular formula is C18H20FN5. The molecular weight excluding hydrogens is 305 g/mol. The van der Waals surface area contributed by atoms with Crippen LogP contribution in [0.5, 0.6) is 0 Å². The first-order valence-electron chi connectivity index (χ1n) is 8.42. The number of H-pyrrole nitrogens is 1. The summed E-state index contributed by atoms with van der Waals surface area (Å²) in [5, 5.41) is 7.62. The summed E-state index contributed by atoms with van der Waals surface area (Å²) in [6.45, 7) is 0. The van der Waals surface area contributed by atoms with Crippen LogP contribution in [0.15, 0.2) is 36.5 Å². The Bertz CT molecular complexity index is 838. The minimum Gasteiger partial charge on any atom is -0.367 e. The van der Waals surface area contributed by atoms with Crippen LogP contribution >= 0.6 is 0 Å². The molecule has 3 N–H and O–H groups in total. The maximum absolute atomic E-state index is 13.4. The van der Waals surface area contributed by atoms with Crippen molar-refractivity contribution in [2.45, 2.75) is 38.1 Å². The molecule has 1 saturated carbocycles.